The molecule has 0 aliphatic carbocycles. The number of nitro groups is 1. The quantitative estimate of drug-likeness (QED) is 0.289. The van der Waals surface area contributed by atoms with Gasteiger partial charge in [0, 0.05) is 12.1 Å². The molecule has 0 aromatic heterocycles. The molecular weight excluding hydrogens is 360 g/mol. The molecule has 0 unspecified atom stereocenters. The van der Waals surface area contributed by atoms with Crippen molar-refractivity contribution in [1.29, 1.82) is 0 Å². The molecule has 0 saturated carbocycles. The maximum absolute atomic E-state index is 12.1. The molecule has 2 aromatic rings. The van der Waals surface area contributed by atoms with Gasteiger partial charge in [0.1, 0.15) is 5.75 Å². The molecule has 0 bridgehead atoms. The van der Waals surface area contributed by atoms with Crippen LogP contribution in [0.15, 0.2) is 53.4 Å². The highest BCUT2D eigenvalue weighted by Crippen LogP contribution is 2.26. The fourth-order valence-electron chi connectivity index (χ4n) is 2.12. The summed E-state index contributed by atoms with van der Waals surface area (Å²) < 4.78 is 5.18. The van der Waals surface area contributed by atoms with Crippen LogP contribution in [0.1, 0.15) is 15.9 Å². The van der Waals surface area contributed by atoms with E-state index in [0.29, 0.717) is 5.56 Å². The van der Waals surface area contributed by atoms with Crippen molar-refractivity contribution in [3.05, 3.63) is 74.7 Å². The Morgan fingerprint density at radius 1 is 1.15 bits per heavy atom. The van der Waals surface area contributed by atoms with Gasteiger partial charge in [-0.2, -0.15) is 0 Å². The van der Waals surface area contributed by atoms with E-state index in [2.05, 4.69) is 5.32 Å². The number of amides is 2. The molecule has 1 heterocycles. The molecule has 9 heteroatoms. The van der Waals surface area contributed by atoms with Crippen LogP contribution in [0.5, 0.6) is 5.75 Å². The van der Waals surface area contributed by atoms with E-state index in [1.54, 1.807) is 12.1 Å². The first-order chi connectivity index (χ1) is 12.4. The summed E-state index contributed by atoms with van der Waals surface area (Å²) in [6.07, 6.45) is 1.54. The molecular formula is C17H10N2O6S. The van der Waals surface area contributed by atoms with Gasteiger partial charge in [0.2, 0.25) is 0 Å². The van der Waals surface area contributed by atoms with Crippen LogP contribution in [0, 0.1) is 10.1 Å². The van der Waals surface area contributed by atoms with Gasteiger partial charge in [-0.3, -0.25) is 25.0 Å². The number of thioether (sulfide) groups is 1. The van der Waals surface area contributed by atoms with E-state index in [1.807, 2.05) is 0 Å². The Balaban J connectivity index is 1.71. The summed E-state index contributed by atoms with van der Waals surface area (Å²) in [4.78, 5) is 45.1. The molecule has 3 rings (SSSR count). The minimum absolute atomic E-state index is 0.0583. The maximum Gasteiger partial charge on any atom is 0.343 e. The molecule has 1 aliphatic heterocycles. The van der Waals surface area contributed by atoms with Gasteiger partial charge >= 0.3 is 5.97 Å². The van der Waals surface area contributed by atoms with Crippen molar-refractivity contribution in [3.8, 4) is 5.75 Å². The summed E-state index contributed by atoms with van der Waals surface area (Å²) in [5, 5.41) is 12.5. The first-order valence-corrected chi connectivity index (χ1v) is 8.05. The molecule has 1 saturated heterocycles. The highest BCUT2D eigenvalue weighted by molar-refractivity contribution is 8.18. The van der Waals surface area contributed by atoms with Gasteiger partial charge in [-0.1, -0.05) is 18.2 Å². The topological polar surface area (TPSA) is 116 Å². The van der Waals surface area contributed by atoms with Crippen LogP contribution < -0.4 is 10.1 Å². The molecule has 1 aliphatic rings. The first-order valence-electron chi connectivity index (χ1n) is 7.24. The number of hydrogen-bond acceptors (Lipinski definition) is 7. The summed E-state index contributed by atoms with van der Waals surface area (Å²) in [6.45, 7) is 0. The fraction of sp³-hybridized carbons (Fsp3) is 0. The van der Waals surface area contributed by atoms with Crippen molar-refractivity contribution < 1.29 is 24.0 Å². The lowest BCUT2D eigenvalue weighted by molar-refractivity contribution is -0.384. The normalized spacial score (nSPS) is 15.0. The predicted molar refractivity (Wildman–Crippen MR) is 93.6 cm³/mol. The second-order valence-electron chi connectivity index (χ2n) is 5.12. The Bertz CT molecular complexity index is 952. The van der Waals surface area contributed by atoms with E-state index in [0.717, 1.165) is 17.8 Å². The van der Waals surface area contributed by atoms with Gasteiger partial charge in [-0.15, -0.1) is 0 Å². The largest absolute Gasteiger partial charge is 0.423 e. The fourth-order valence-corrected chi connectivity index (χ4v) is 2.80. The number of nitro benzene ring substituents is 1. The maximum atomic E-state index is 12.1. The predicted octanol–water partition coefficient (Wildman–Crippen LogP) is 3.14. The van der Waals surface area contributed by atoms with Crippen LogP contribution >= 0.6 is 11.8 Å². The molecule has 1 N–H and O–H groups in total. The Morgan fingerprint density at radius 2 is 1.88 bits per heavy atom. The number of non-ortho nitro benzene ring substituents is 1. The minimum Gasteiger partial charge on any atom is -0.423 e. The zero-order chi connectivity index (χ0) is 18.7. The number of benzene rings is 2. The van der Waals surface area contributed by atoms with Crippen LogP contribution in [0.4, 0.5) is 10.5 Å². The third kappa shape index (κ3) is 3.95. The summed E-state index contributed by atoms with van der Waals surface area (Å²) in [7, 11) is 0. The zero-order valence-corrected chi connectivity index (χ0v) is 13.8. The highest BCUT2D eigenvalue weighted by atomic mass is 32.2. The Morgan fingerprint density at radius 3 is 2.50 bits per heavy atom. The number of ether oxygens (including phenoxy) is 1. The van der Waals surface area contributed by atoms with Crippen molar-refractivity contribution in [2.45, 2.75) is 0 Å². The van der Waals surface area contributed by atoms with Gasteiger partial charge in [0.15, 0.2) is 0 Å². The number of nitrogens with one attached hydrogen (secondary N) is 1. The van der Waals surface area contributed by atoms with Crippen LogP contribution in [-0.4, -0.2) is 22.0 Å². The van der Waals surface area contributed by atoms with Crippen molar-refractivity contribution >= 4 is 40.6 Å². The second kappa shape index (κ2) is 7.19. The van der Waals surface area contributed by atoms with Crippen molar-refractivity contribution in [2.75, 3.05) is 0 Å². The molecule has 0 spiro atoms. The van der Waals surface area contributed by atoms with E-state index in [9.17, 15) is 24.5 Å². The lowest BCUT2D eigenvalue weighted by atomic mass is 10.2. The van der Waals surface area contributed by atoms with E-state index < -0.39 is 22.0 Å². The lowest BCUT2D eigenvalue weighted by Crippen LogP contribution is -2.17. The van der Waals surface area contributed by atoms with Crippen LogP contribution in [0.3, 0.4) is 0 Å². The molecule has 1 fully saturated rings. The van der Waals surface area contributed by atoms with Crippen molar-refractivity contribution in [3.63, 3.8) is 0 Å². The van der Waals surface area contributed by atoms with Gasteiger partial charge in [-0.05, 0) is 41.6 Å². The number of nitrogens with zero attached hydrogens (tertiary/aromatic N) is 1. The number of imide groups is 1. The number of carbonyl (C=O) groups excluding carboxylic acids is 3. The Kier molecular flexibility index (Phi) is 4.81. The molecule has 0 atom stereocenters. The second-order valence-corrected chi connectivity index (χ2v) is 6.13. The van der Waals surface area contributed by atoms with Gasteiger partial charge in [0.25, 0.3) is 16.8 Å². The number of esters is 1. The van der Waals surface area contributed by atoms with E-state index in [-0.39, 0.29) is 21.9 Å². The van der Waals surface area contributed by atoms with Crippen molar-refractivity contribution in [2.24, 2.45) is 0 Å². The zero-order valence-electron chi connectivity index (χ0n) is 13.0. The van der Waals surface area contributed by atoms with E-state index >= 15 is 0 Å². The molecule has 0 radical (unpaired) electrons. The van der Waals surface area contributed by atoms with Crippen molar-refractivity contribution in [1.82, 2.24) is 5.32 Å². The Labute approximate surface area is 151 Å². The van der Waals surface area contributed by atoms with Gasteiger partial charge in [0.05, 0.1) is 15.4 Å². The summed E-state index contributed by atoms with van der Waals surface area (Å²) in [5.41, 5.74) is 0.499. The average molecular weight is 370 g/mol. The number of rotatable bonds is 4. The standard InChI is InChI=1S/C17H10N2O6S/c20-15-14(26-17(22)18-15)8-10-4-6-13(7-5-10)25-16(21)11-2-1-3-12(9-11)19(23)24/h1-9H,(H,18,20,22)/b14-8-. The number of hydrogen-bond donors (Lipinski definition) is 1. The van der Waals surface area contributed by atoms with E-state index in [4.69, 9.17) is 4.74 Å². The minimum atomic E-state index is -0.726. The monoisotopic (exact) mass is 370 g/mol. The average Bonchev–Trinajstić information content (AvgIpc) is 2.94. The molecule has 2 amide bonds. The third-order valence-corrected chi connectivity index (χ3v) is 4.13. The summed E-state index contributed by atoms with van der Waals surface area (Å²) in [6, 6.07) is 11.5. The smallest absolute Gasteiger partial charge is 0.343 e. The molecule has 2 aromatic carbocycles. The van der Waals surface area contributed by atoms with Crippen LogP contribution in [-0.2, 0) is 4.79 Å². The van der Waals surface area contributed by atoms with Gasteiger partial charge < -0.3 is 4.74 Å². The summed E-state index contributed by atoms with van der Waals surface area (Å²) >= 11 is 0.805. The first kappa shape index (κ1) is 17.4. The van der Waals surface area contributed by atoms with Crippen LogP contribution in [0.25, 0.3) is 6.08 Å². The highest BCUT2D eigenvalue weighted by Gasteiger charge is 2.24. The molecule has 8 nitrogen and oxygen atoms in total. The van der Waals surface area contributed by atoms with Crippen LogP contribution in [0.2, 0.25) is 0 Å². The summed E-state index contributed by atoms with van der Waals surface area (Å²) in [5.74, 6) is -0.944. The Hall–Kier alpha value is -3.46. The third-order valence-electron chi connectivity index (χ3n) is 3.32. The SMILES string of the molecule is O=C1NC(=O)/C(=C/c2ccc(OC(=O)c3cccc([N+](=O)[O-])c3)cc2)S1. The van der Waals surface area contributed by atoms with Gasteiger partial charge in [-0.25, -0.2) is 4.79 Å². The van der Waals surface area contributed by atoms with E-state index in [1.165, 1.54) is 36.4 Å². The lowest BCUT2D eigenvalue weighted by Gasteiger charge is -2.05. The number of carbonyl (C=O) groups is 3. The molecule has 26 heavy (non-hydrogen) atoms. The molecule has 130 valence electrons.